The van der Waals surface area contributed by atoms with Gasteiger partial charge in [0.2, 0.25) is 0 Å². The summed E-state index contributed by atoms with van der Waals surface area (Å²) in [5, 5.41) is 10.5. The van der Waals surface area contributed by atoms with Gasteiger partial charge in [-0.25, -0.2) is 0 Å². The number of methoxy groups -OCH3 is 1. The van der Waals surface area contributed by atoms with Gasteiger partial charge in [-0.15, -0.1) is 0 Å². The molecule has 1 aliphatic carbocycles. The summed E-state index contributed by atoms with van der Waals surface area (Å²) in [7, 11) is 1.67. The van der Waals surface area contributed by atoms with Crippen LogP contribution in [0.2, 0.25) is 0 Å². The van der Waals surface area contributed by atoms with E-state index in [1.165, 1.54) is 50.5 Å². The zero-order valence-electron chi connectivity index (χ0n) is 12.3. The van der Waals surface area contributed by atoms with E-state index < -0.39 is 0 Å². The number of hydrogen-bond acceptors (Lipinski definition) is 2. The molecule has 112 valence electrons. The van der Waals surface area contributed by atoms with E-state index >= 15 is 0 Å². The topological polar surface area (TPSA) is 29.5 Å². The molecule has 3 heteroatoms. The molecule has 1 aliphatic rings. The van der Waals surface area contributed by atoms with Crippen LogP contribution in [-0.4, -0.2) is 18.3 Å². The smallest absolute Gasteiger partial charge is 0.133 e. The highest BCUT2D eigenvalue weighted by molar-refractivity contribution is 9.10. The number of aliphatic hydroxyl groups excluding tert-OH is 1. The fraction of sp³-hybridized carbons (Fsp3) is 0.647. The molecular weight excluding hydrogens is 316 g/mol. The van der Waals surface area contributed by atoms with Crippen LogP contribution in [0.1, 0.15) is 50.5 Å². The Hall–Kier alpha value is -0.540. The van der Waals surface area contributed by atoms with E-state index in [4.69, 9.17) is 4.74 Å². The first-order valence-corrected chi connectivity index (χ1v) is 8.50. The Morgan fingerprint density at radius 3 is 2.45 bits per heavy atom. The standard InChI is InChI=1S/C17H25BrO2/c1-20-17-10-9-13(11-15(17)18)12-16(19)14-7-5-3-2-4-6-8-14/h9-11,14,16,19H,2-8,12H2,1H3. The molecule has 1 atom stereocenters. The summed E-state index contributed by atoms with van der Waals surface area (Å²) < 4.78 is 6.20. The van der Waals surface area contributed by atoms with Crippen molar-refractivity contribution in [3.63, 3.8) is 0 Å². The molecule has 0 aliphatic heterocycles. The van der Waals surface area contributed by atoms with Gasteiger partial charge in [0, 0.05) is 0 Å². The molecule has 0 bridgehead atoms. The van der Waals surface area contributed by atoms with Crippen LogP contribution in [-0.2, 0) is 6.42 Å². The molecule has 20 heavy (non-hydrogen) atoms. The van der Waals surface area contributed by atoms with Crippen molar-refractivity contribution in [2.75, 3.05) is 7.11 Å². The first-order valence-electron chi connectivity index (χ1n) is 7.71. The summed E-state index contributed by atoms with van der Waals surface area (Å²) in [4.78, 5) is 0. The summed E-state index contributed by atoms with van der Waals surface area (Å²) in [5.74, 6) is 1.31. The fourth-order valence-corrected chi connectivity index (χ4v) is 3.71. The van der Waals surface area contributed by atoms with E-state index in [0.717, 1.165) is 16.6 Å². The van der Waals surface area contributed by atoms with Gasteiger partial charge in [0.15, 0.2) is 0 Å². The average Bonchev–Trinajstić information content (AvgIpc) is 2.38. The normalized spacial score (nSPS) is 19.1. The molecule has 0 aromatic heterocycles. The second kappa shape index (κ2) is 8.04. The molecule has 0 saturated heterocycles. The predicted octanol–water partition coefficient (Wildman–Crippen LogP) is 4.72. The minimum atomic E-state index is -0.214. The second-order valence-electron chi connectivity index (χ2n) is 5.85. The number of ether oxygens (including phenoxy) is 1. The van der Waals surface area contributed by atoms with Crippen LogP contribution in [0.15, 0.2) is 22.7 Å². The van der Waals surface area contributed by atoms with Crippen molar-refractivity contribution in [2.45, 2.75) is 57.5 Å². The van der Waals surface area contributed by atoms with Gasteiger partial charge < -0.3 is 9.84 Å². The monoisotopic (exact) mass is 340 g/mol. The van der Waals surface area contributed by atoms with Crippen LogP contribution in [0, 0.1) is 5.92 Å². The summed E-state index contributed by atoms with van der Waals surface area (Å²) in [6.07, 6.45) is 9.46. The third-order valence-corrected chi connectivity index (χ3v) is 4.97. The van der Waals surface area contributed by atoms with Crippen LogP contribution in [0.5, 0.6) is 5.75 Å². The van der Waals surface area contributed by atoms with Crippen molar-refractivity contribution < 1.29 is 9.84 Å². The lowest BCUT2D eigenvalue weighted by Crippen LogP contribution is -2.23. The Bertz CT molecular complexity index is 411. The molecule has 1 fully saturated rings. The number of benzene rings is 1. The van der Waals surface area contributed by atoms with E-state index in [9.17, 15) is 5.11 Å². The van der Waals surface area contributed by atoms with Gasteiger partial charge in [0.05, 0.1) is 17.7 Å². The predicted molar refractivity (Wildman–Crippen MR) is 86.2 cm³/mol. The van der Waals surface area contributed by atoms with Crippen molar-refractivity contribution >= 4 is 15.9 Å². The molecular formula is C17H25BrO2. The summed E-state index contributed by atoms with van der Waals surface area (Å²) >= 11 is 3.51. The van der Waals surface area contributed by atoms with Crippen LogP contribution in [0.25, 0.3) is 0 Å². The second-order valence-corrected chi connectivity index (χ2v) is 6.70. The molecule has 0 heterocycles. The van der Waals surface area contributed by atoms with Gasteiger partial charge in [-0.05, 0) is 58.8 Å². The van der Waals surface area contributed by atoms with Gasteiger partial charge in [-0.2, -0.15) is 0 Å². The Labute approximate surface area is 130 Å². The Kier molecular flexibility index (Phi) is 6.37. The van der Waals surface area contributed by atoms with Crippen LogP contribution < -0.4 is 4.74 Å². The number of rotatable bonds is 4. The maximum Gasteiger partial charge on any atom is 0.133 e. The lowest BCUT2D eigenvalue weighted by molar-refractivity contribution is 0.0913. The molecule has 1 unspecified atom stereocenters. The molecule has 0 radical (unpaired) electrons. The molecule has 0 spiro atoms. The minimum absolute atomic E-state index is 0.214. The lowest BCUT2D eigenvalue weighted by Gasteiger charge is -2.25. The number of aliphatic hydroxyl groups is 1. The van der Waals surface area contributed by atoms with E-state index in [1.807, 2.05) is 6.07 Å². The van der Waals surface area contributed by atoms with Crippen molar-refractivity contribution in [3.05, 3.63) is 28.2 Å². The number of halogens is 1. The summed E-state index contributed by atoms with van der Waals surface area (Å²) in [6.45, 7) is 0. The largest absolute Gasteiger partial charge is 0.496 e. The van der Waals surface area contributed by atoms with E-state index in [2.05, 4.69) is 28.1 Å². The molecule has 1 N–H and O–H groups in total. The van der Waals surface area contributed by atoms with E-state index in [0.29, 0.717) is 5.92 Å². The molecule has 2 nitrogen and oxygen atoms in total. The third-order valence-electron chi connectivity index (χ3n) is 4.36. The maximum absolute atomic E-state index is 10.5. The van der Waals surface area contributed by atoms with Crippen LogP contribution >= 0.6 is 15.9 Å². The molecule has 1 aromatic carbocycles. The lowest BCUT2D eigenvalue weighted by atomic mass is 9.85. The van der Waals surface area contributed by atoms with Crippen molar-refractivity contribution in [1.29, 1.82) is 0 Å². The minimum Gasteiger partial charge on any atom is -0.496 e. The highest BCUT2D eigenvalue weighted by Crippen LogP contribution is 2.29. The summed E-state index contributed by atoms with van der Waals surface area (Å²) in [6, 6.07) is 6.07. The molecule has 0 amide bonds. The first kappa shape index (κ1) is 15.8. The van der Waals surface area contributed by atoms with E-state index in [-0.39, 0.29) is 6.10 Å². The fourth-order valence-electron chi connectivity index (χ4n) is 3.12. The zero-order valence-corrected chi connectivity index (χ0v) is 13.9. The van der Waals surface area contributed by atoms with Crippen molar-refractivity contribution in [1.82, 2.24) is 0 Å². The van der Waals surface area contributed by atoms with Gasteiger partial charge in [0.1, 0.15) is 5.75 Å². The Morgan fingerprint density at radius 1 is 1.20 bits per heavy atom. The van der Waals surface area contributed by atoms with Gasteiger partial charge in [-0.3, -0.25) is 0 Å². The van der Waals surface area contributed by atoms with Crippen molar-refractivity contribution in [3.8, 4) is 5.75 Å². The van der Waals surface area contributed by atoms with Gasteiger partial charge in [-0.1, -0.05) is 38.2 Å². The van der Waals surface area contributed by atoms with E-state index in [1.54, 1.807) is 7.11 Å². The zero-order chi connectivity index (χ0) is 14.4. The highest BCUT2D eigenvalue weighted by Gasteiger charge is 2.20. The first-order chi connectivity index (χ1) is 9.70. The molecule has 2 rings (SSSR count). The van der Waals surface area contributed by atoms with Crippen molar-refractivity contribution in [2.24, 2.45) is 5.92 Å². The highest BCUT2D eigenvalue weighted by atomic mass is 79.9. The quantitative estimate of drug-likeness (QED) is 0.859. The van der Waals surface area contributed by atoms with Gasteiger partial charge >= 0.3 is 0 Å². The molecule has 1 aromatic rings. The average molecular weight is 341 g/mol. The van der Waals surface area contributed by atoms with Gasteiger partial charge in [0.25, 0.3) is 0 Å². The SMILES string of the molecule is COc1ccc(CC(O)C2CCCCCCC2)cc1Br. The van der Waals surface area contributed by atoms with Crippen LogP contribution in [0.3, 0.4) is 0 Å². The number of hydrogen-bond donors (Lipinski definition) is 1. The van der Waals surface area contributed by atoms with Crippen LogP contribution in [0.4, 0.5) is 0 Å². The molecule has 1 saturated carbocycles. The Balaban J connectivity index is 1.95. The Morgan fingerprint density at radius 2 is 1.85 bits per heavy atom. The third kappa shape index (κ3) is 4.49. The summed E-state index contributed by atoms with van der Waals surface area (Å²) in [5.41, 5.74) is 1.17. The maximum atomic E-state index is 10.5.